The van der Waals surface area contributed by atoms with Crippen molar-refractivity contribution < 1.29 is 18.1 Å². The first-order chi connectivity index (χ1) is 7.47. The van der Waals surface area contributed by atoms with E-state index in [9.17, 15) is 13.4 Å². The molecule has 0 aliphatic heterocycles. The molecule has 1 aromatic carbocycles. The molecule has 2 atom stereocenters. The molecule has 0 saturated heterocycles. The van der Waals surface area contributed by atoms with Crippen LogP contribution in [0.25, 0.3) is 0 Å². The van der Waals surface area contributed by atoms with Gasteiger partial charge in [-0.25, -0.2) is 4.39 Å². The summed E-state index contributed by atoms with van der Waals surface area (Å²) in [6.45, 7) is 1.47. The van der Waals surface area contributed by atoms with Gasteiger partial charge in [-0.05, 0) is 25.1 Å². The van der Waals surface area contributed by atoms with E-state index in [4.69, 9.17) is 11.6 Å². The first-order valence-corrected chi connectivity index (χ1v) is 6.00. The minimum atomic E-state index is -1.60. The second-order valence-corrected chi connectivity index (χ2v) is 5.22. The average Bonchev–Trinajstić information content (AvgIpc) is 2.29. The molecular formula is C10H10ClFO3S. The summed E-state index contributed by atoms with van der Waals surface area (Å²) in [5, 5.41) is -0.936. The molecule has 0 aliphatic carbocycles. The van der Waals surface area contributed by atoms with Crippen LogP contribution in [0.1, 0.15) is 6.92 Å². The molecule has 16 heavy (non-hydrogen) atoms. The zero-order valence-corrected chi connectivity index (χ0v) is 10.3. The van der Waals surface area contributed by atoms with Gasteiger partial charge in [0.15, 0.2) is 0 Å². The van der Waals surface area contributed by atoms with Gasteiger partial charge in [-0.3, -0.25) is 9.00 Å². The lowest BCUT2D eigenvalue weighted by Gasteiger charge is -2.09. The van der Waals surface area contributed by atoms with Crippen LogP contribution < -0.4 is 0 Å². The molecular weight excluding hydrogens is 255 g/mol. The summed E-state index contributed by atoms with van der Waals surface area (Å²) in [6, 6.07) is 3.68. The Morgan fingerprint density at radius 3 is 2.69 bits per heavy atom. The Balaban J connectivity index is 2.97. The Morgan fingerprint density at radius 2 is 2.19 bits per heavy atom. The maximum absolute atomic E-state index is 12.9. The molecule has 3 nitrogen and oxygen atoms in total. The van der Waals surface area contributed by atoms with Crippen LogP contribution in [0.3, 0.4) is 0 Å². The summed E-state index contributed by atoms with van der Waals surface area (Å²) in [5.74, 6) is -1.17. The van der Waals surface area contributed by atoms with Crippen molar-refractivity contribution in [2.45, 2.75) is 17.1 Å². The summed E-state index contributed by atoms with van der Waals surface area (Å²) in [5.41, 5.74) is 0. The Hall–Kier alpha value is -0.940. The monoisotopic (exact) mass is 264 g/mol. The highest BCUT2D eigenvalue weighted by Crippen LogP contribution is 2.20. The van der Waals surface area contributed by atoms with Crippen molar-refractivity contribution in [1.29, 1.82) is 0 Å². The number of ether oxygens (including phenoxy) is 1. The largest absolute Gasteiger partial charge is 0.468 e. The van der Waals surface area contributed by atoms with E-state index < -0.39 is 27.8 Å². The lowest BCUT2D eigenvalue weighted by molar-refractivity contribution is -0.139. The molecule has 0 aromatic heterocycles. The molecule has 0 amide bonds. The number of hydrogen-bond acceptors (Lipinski definition) is 3. The zero-order valence-electron chi connectivity index (χ0n) is 8.70. The number of benzene rings is 1. The van der Waals surface area contributed by atoms with Crippen molar-refractivity contribution in [2.24, 2.45) is 0 Å². The minimum Gasteiger partial charge on any atom is -0.468 e. The number of methoxy groups -OCH3 is 1. The fourth-order valence-electron chi connectivity index (χ4n) is 1.06. The summed E-state index contributed by atoms with van der Waals surface area (Å²) in [4.78, 5) is 11.5. The van der Waals surface area contributed by atoms with Gasteiger partial charge < -0.3 is 4.74 Å². The quantitative estimate of drug-likeness (QED) is 0.786. The van der Waals surface area contributed by atoms with Crippen molar-refractivity contribution >= 4 is 28.4 Å². The third kappa shape index (κ3) is 2.80. The Bertz CT molecular complexity index is 436. The van der Waals surface area contributed by atoms with Crippen molar-refractivity contribution in [3.8, 4) is 0 Å². The molecule has 0 fully saturated rings. The molecule has 0 radical (unpaired) electrons. The van der Waals surface area contributed by atoms with Crippen LogP contribution in [-0.4, -0.2) is 22.5 Å². The van der Waals surface area contributed by atoms with Crippen LogP contribution in [0, 0.1) is 5.82 Å². The number of carbonyl (C=O) groups is 1. The van der Waals surface area contributed by atoms with Crippen LogP contribution in [0.2, 0.25) is 5.02 Å². The molecule has 0 aliphatic rings. The fourth-order valence-corrected chi connectivity index (χ4v) is 2.42. The van der Waals surface area contributed by atoms with Crippen LogP contribution >= 0.6 is 11.6 Å². The summed E-state index contributed by atoms with van der Waals surface area (Å²) in [7, 11) is -0.386. The Kier molecular flexibility index (Phi) is 4.44. The molecule has 0 spiro atoms. The third-order valence-corrected chi connectivity index (χ3v) is 3.82. The summed E-state index contributed by atoms with van der Waals surface area (Å²) in [6.07, 6.45) is 0. The number of hydrogen-bond donors (Lipinski definition) is 0. The molecule has 0 heterocycles. The number of halogens is 2. The van der Waals surface area contributed by atoms with Crippen molar-refractivity contribution in [3.05, 3.63) is 29.0 Å². The van der Waals surface area contributed by atoms with Crippen molar-refractivity contribution in [3.63, 3.8) is 0 Å². The number of esters is 1. The molecule has 0 N–H and O–H groups in total. The normalized spacial score (nSPS) is 14.2. The van der Waals surface area contributed by atoms with Crippen LogP contribution in [0.15, 0.2) is 23.1 Å². The predicted octanol–water partition coefficient (Wildman–Crippen LogP) is 2.15. The van der Waals surface area contributed by atoms with Gasteiger partial charge in [-0.2, -0.15) is 0 Å². The van der Waals surface area contributed by atoms with Crippen molar-refractivity contribution in [2.75, 3.05) is 7.11 Å². The Labute approximate surface area is 100 Å². The molecule has 88 valence electrons. The maximum Gasteiger partial charge on any atom is 0.321 e. The second kappa shape index (κ2) is 5.41. The van der Waals surface area contributed by atoms with E-state index in [1.807, 2.05) is 0 Å². The highest BCUT2D eigenvalue weighted by Gasteiger charge is 2.22. The molecule has 2 unspecified atom stereocenters. The van der Waals surface area contributed by atoms with Crippen molar-refractivity contribution in [1.82, 2.24) is 0 Å². The van der Waals surface area contributed by atoms with Gasteiger partial charge in [0.05, 0.1) is 22.9 Å². The van der Waals surface area contributed by atoms with Gasteiger partial charge in [0.1, 0.15) is 11.1 Å². The lowest BCUT2D eigenvalue weighted by Crippen LogP contribution is -2.23. The van der Waals surface area contributed by atoms with Gasteiger partial charge in [-0.15, -0.1) is 0 Å². The molecule has 1 rings (SSSR count). The zero-order chi connectivity index (χ0) is 12.3. The average molecular weight is 265 g/mol. The topological polar surface area (TPSA) is 43.4 Å². The summed E-state index contributed by atoms with van der Waals surface area (Å²) >= 11 is 5.55. The number of carbonyl (C=O) groups excluding carboxylic acids is 1. The van der Waals surface area contributed by atoms with Gasteiger partial charge in [0.2, 0.25) is 0 Å². The van der Waals surface area contributed by atoms with Gasteiger partial charge in [0.25, 0.3) is 0 Å². The lowest BCUT2D eigenvalue weighted by atomic mass is 10.3. The van der Waals surface area contributed by atoms with Gasteiger partial charge in [-0.1, -0.05) is 11.6 Å². The smallest absolute Gasteiger partial charge is 0.321 e. The van der Waals surface area contributed by atoms with E-state index in [0.29, 0.717) is 4.90 Å². The summed E-state index contributed by atoms with van der Waals surface area (Å²) < 4.78 is 29.2. The number of rotatable bonds is 3. The van der Waals surface area contributed by atoms with Gasteiger partial charge >= 0.3 is 5.97 Å². The van der Waals surface area contributed by atoms with Crippen LogP contribution in [0.5, 0.6) is 0 Å². The molecule has 6 heteroatoms. The highest BCUT2D eigenvalue weighted by molar-refractivity contribution is 7.86. The first-order valence-electron chi connectivity index (χ1n) is 4.41. The van der Waals surface area contributed by atoms with E-state index >= 15 is 0 Å². The fraction of sp³-hybridized carbons (Fsp3) is 0.300. The van der Waals surface area contributed by atoms with E-state index in [1.54, 1.807) is 0 Å². The second-order valence-electron chi connectivity index (χ2n) is 3.04. The SMILES string of the molecule is COC(=O)C(C)S(=O)c1ccc(F)c(Cl)c1. The van der Waals surface area contributed by atoms with E-state index in [1.165, 1.54) is 26.2 Å². The molecule has 1 aromatic rings. The molecule has 0 saturated carbocycles. The van der Waals surface area contributed by atoms with E-state index in [0.717, 1.165) is 6.07 Å². The molecule has 0 bridgehead atoms. The highest BCUT2D eigenvalue weighted by atomic mass is 35.5. The third-order valence-electron chi connectivity index (χ3n) is 1.98. The Morgan fingerprint density at radius 1 is 1.56 bits per heavy atom. The predicted molar refractivity (Wildman–Crippen MR) is 59.3 cm³/mol. The van der Waals surface area contributed by atoms with Crippen LogP contribution in [-0.2, 0) is 20.3 Å². The standard InChI is InChI=1S/C10H10ClFO3S/c1-6(10(13)15-2)16(14)7-3-4-9(12)8(11)5-7/h3-6H,1-2H3. The van der Waals surface area contributed by atoms with Crippen LogP contribution in [0.4, 0.5) is 4.39 Å². The first kappa shape index (κ1) is 13.1. The minimum absolute atomic E-state index is 0.122. The van der Waals surface area contributed by atoms with E-state index in [2.05, 4.69) is 4.74 Å². The van der Waals surface area contributed by atoms with Gasteiger partial charge in [0, 0.05) is 4.90 Å². The maximum atomic E-state index is 12.9. The van der Waals surface area contributed by atoms with E-state index in [-0.39, 0.29) is 5.02 Å².